The zero-order chi connectivity index (χ0) is 18.5. The fourth-order valence-corrected chi connectivity index (χ4v) is 4.57. The monoisotopic (exact) mass is 411 g/mol. The molecule has 0 saturated carbocycles. The van der Waals surface area contributed by atoms with Gasteiger partial charge in [0.2, 0.25) is 0 Å². The third kappa shape index (κ3) is 5.06. The van der Waals surface area contributed by atoms with Crippen molar-refractivity contribution in [2.45, 2.75) is 22.2 Å². The number of halogens is 1. The highest BCUT2D eigenvalue weighted by Gasteiger charge is 2.05. The van der Waals surface area contributed by atoms with Crippen molar-refractivity contribution < 1.29 is 0 Å². The standard InChI is InChI=1S/C21H18ClN3S2/c22-16-7-5-15(6-8-16)10-12-26-18-9-11-23-17(13-18)14-27-21-24-19-3-1-2-4-20(19)25-21/h1-9,11,13H,10,12,14H2,(H,24,25). The van der Waals surface area contributed by atoms with Crippen LogP contribution in [0.25, 0.3) is 11.0 Å². The van der Waals surface area contributed by atoms with Crippen molar-refractivity contribution in [1.29, 1.82) is 0 Å². The topological polar surface area (TPSA) is 41.6 Å². The van der Waals surface area contributed by atoms with E-state index in [0.29, 0.717) is 0 Å². The Labute approximate surface area is 172 Å². The number of fused-ring (bicyclic) bond motifs is 1. The number of nitrogens with one attached hydrogen (secondary N) is 1. The number of aromatic amines is 1. The Bertz CT molecular complexity index is 998. The van der Waals surface area contributed by atoms with Gasteiger partial charge in [0.1, 0.15) is 0 Å². The van der Waals surface area contributed by atoms with E-state index in [9.17, 15) is 0 Å². The van der Waals surface area contributed by atoms with E-state index in [-0.39, 0.29) is 0 Å². The molecule has 0 atom stereocenters. The molecule has 3 nitrogen and oxygen atoms in total. The summed E-state index contributed by atoms with van der Waals surface area (Å²) in [5.74, 6) is 1.83. The van der Waals surface area contributed by atoms with Crippen molar-refractivity contribution in [3.8, 4) is 0 Å². The second-order valence-corrected chi connectivity index (χ2v) is 8.62. The van der Waals surface area contributed by atoms with Crippen LogP contribution in [0, 0.1) is 0 Å². The lowest BCUT2D eigenvalue weighted by molar-refractivity contribution is 1.07. The summed E-state index contributed by atoms with van der Waals surface area (Å²) in [5.41, 5.74) is 4.44. The number of rotatable bonds is 7. The number of hydrogen-bond donors (Lipinski definition) is 1. The molecule has 0 radical (unpaired) electrons. The molecule has 6 heteroatoms. The molecular weight excluding hydrogens is 394 g/mol. The highest BCUT2D eigenvalue weighted by molar-refractivity contribution is 7.99. The number of aryl methyl sites for hydroxylation is 1. The fraction of sp³-hybridized carbons (Fsp3) is 0.143. The molecule has 1 N–H and O–H groups in total. The SMILES string of the molecule is Clc1ccc(CCSc2ccnc(CSc3nc4ccccc4[nH]3)c2)cc1. The van der Waals surface area contributed by atoms with Crippen LogP contribution < -0.4 is 0 Å². The average molecular weight is 412 g/mol. The fourth-order valence-electron chi connectivity index (χ4n) is 2.70. The predicted molar refractivity (Wildman–Crippen MR) is 116 cm³/mol. The van der Waals surface area contributed by atoms with E-state index in [1.54, 1.807) is 11.8 Å². The number of thioether (sulfide) groups is 2. The van der Waals surface area contributed by atoms with Crippen molar-refractivity contribution in [1.82, 2.24) is 15.0 Å². The zero-order valence-corrected chi connectivity index (χ0v) is 16.9. The van der Waals surface area contributed by atoms with Gasteiger partial charge < -0.3 is 4.98 Å². The second kappa shape index (κ2) is 8.83. The molecule has 0 fully saturated rings. The zero-order valence-electron chi connectivity index (χ0n) is 14.6. The quantitative estimate of drug-likeness (QED) is 0.365. The van der Waals surface area contributed by atoms with E-state index in [1.165, 1.54) is 10.5 Å². The van der Waals surface area contributed by atoms with Crippen LogP contribution in [0.5, 0.6) is 0 Å². The maximum absolute atomic E-state index is 5.94. The largest absolute Gasteiger partial charge is 0.333 e. The molecule has 0 aliphatic rings. The molecule has 0 aliphatic heterocycles. The van der Waals surface area contributed by atoms with E-state index in [1.807, 2.05) is 54.4 Å². The van der Waals surface area contributed by atoms with Gasteiger partial charge >= 0.3 is 0 Å². The number of benzene rings is 2. The smallest absolute Gasteiger partial charge is 0.166 e. The van der Waals surface area contributed by atoms with E-state index in [4.69, 9.17) is 11.6 Å². The number of pyridine rings is 1. The van der Waals surface area contributed by atoms with Crippen LogP contribution in [0.1, 0.15) is 11.3 Å². The third-order valence-electron chi connectivity index (χ3n) is 4.09. The van der Waals surface area contributed by atoms with Gasteiger partial charge in [0, 0.05) is 27.6 Å². The molecule has 0 bridgehead atoms. The van der Waals surface area contributed by atoms with Crippen LogP contribution in [0.15, 0.2) is 76.9 Å². The molecule has 136 valence electrons. The molecule has 2 heterocycles. The molecule has 0 aliphatic carbocycles. The molecule has 0 saturated heterocycles. The lowest BCUT2D eigenvalue weighted by atomic mass is 10.2. The van der Waals surface area contributed by atoms with Crippen molar-refractivity contribution in [2.24, 2.45) is 0 Å². The van der Waals surface area contributed by atoms with Crippen LogP contribution in [-0.4, -0.2) is 20.7 Å². The van der Waals surface area contributed by atoms with Gasteiger partial charge in [-0.3, -0.25) is 4.98 Å². The van der Waals surface area contributed by atoms with Gasteiger partial charge in [-0.15, -0.1) is 11.8 Å². The predicted octanol–water partition coefficient (Wildman–Crippen LogP) is 6.24. The normalized spacial score (nSPS) is 11.1. The first-order valence-corrected chi connectivity index (χ1v) is 11.0. The van der Waals surface area contributed by atoms with Crippen molar-refractivity contribution >= 4 is 46.2 Å². The van der Waals surface area contributed by atoms with Gasteiger partial charge in [-0.2, -0.15) is 0 Å². The number of para-hydroxylation sites is 2. The Balaban J connectivity index is 1.32. The summed E-state index contributed by atoms with van der Waals surface area (Å²) in [4.78, 5) is 13.7. The lowest BCUT2D eigenvalue weighted by Crippen LogP contribution is -1.91. The Morgan fingerprint density at radius 2 is 1.81 bits per heavy atom. The first kappa shape index (κ1) is 18.4. The molecule has 0 amide bonds. The molecule has 0 unspecified atom stereocenters. The Hall–Kier alpha value is -1.95. The van der Waals surface area contributed by atoms with Gasteiger partial charge in [0.25, 0.3) is 0 Å². The summed E-state index contributed by atoms with van der Waals surface area (Å²) in [7, 11) is 0. The van der Waals surface area contributed by atoms with Gasteiger partial charge in [-0.05, 0) is 48.4 Å². The summed E-state index contributed by atoms with van der Waals surface area (Å²) < 4.78 is 0. The van der Waals surface area contributed by atoms with Crippen LogP contribution >= 0.6 is 35.1 Å². The van der Waals surface area contributed by atoms with Gasteiger partial charge in [-0.1, -0.05) is 47.6 Å². The first-order valence-electron chi connectivity index (χ1n) is 8.66. The second-order valence-electron chi connectivity index (χ2n) is 6.06. The molecule has 2 aromatic heterocycles. The van der Waals surface area contributed by atoms with Crippen molar-refractivity contribution in [3.05, 3.63) is 83.1 Å². The number of hydrogen-bond acceptors (Lipinski definition) is 4. The number of H-pyrrole nitrogens is 1. The van der Waals surface area contributed by atoms with Crippen LogP contribution in [0.4, 0.5) is 0 Å². The molecule has 0 spiro atoms. The average Bonchev–Trinajstić information content (AvgIpc) is 3.11. The van der Waals surface area contributed by atoms with Gasteiger partial charge in [-0.25, -0.2) is 4.98 Å². The lowest BCUT2D eigenvalue weighted by Gasteiger charge is -2.05. The van der Waals surface area contributed by atoms with Gasteiger partial charge in [0.15, 0.2) is 5.16 Å². The first-order chi connectivity index (χ1) is 13.3. The Morgan fingerprint density at radius 3 is 2.67 bits per heavy atom. The van der Waals surface area contributed by atoms with Crippen LogP contribution in [-0.2, 0) is 12.2 Å². The Morgan fingerprint density at radius 1 is 0.963 bits per heavy atom. The summed E-state index contributed by atoms with van der Waals surface area (Å²) in [6.45, 7) is 0. The van der Waals surface area contributed by atoms with E-state index in [0.717, 1.165) is 44.8 Å². The molecule has 4 rings (SSSR count). The van der Waals surface area contributed by atoms with Crippen LogP contribution in [0.3, 0.4) is 0 Å². The minimum atomic E-state index is 0.784. The van der Waals surface area contributed by atoms with E-state index < -0.39 is 0 Å². The summed E-state index contributed by atoms with van der Waals surface area (Å²) in [6.07, 6.45) is 2.91. The molecule has 2 aromatic carbocycles. The van der Waals surface area contributed by atoms with Gasteiger partial charge in [0.05, 0.1) is 16.7 Å². The molecular formula is C21H18ClN3S2. The number of nitrogens with zero attached hydrogens (tertiary/aromatic N) is 2. The number of aromatic nitrogens is 3. The minimum Gasteiger partial charge on any atom is -0.333 e. The number of imidazole rings is 1. The van der Waals surface area contributed by atoms with E-state index in [2.05, 4.69) is 39.2 Å². The maximum Gasteiger partial charge on any atom is 0.166 e. The third-order valence-corrected chi connectivity index (χ3v) is 6.24. The molecule has 27 heavy (non-hydrogen) atoms. The highest BCUT2D eigenvalue weighted by Crippen LogP contribution is 2.25. The van der Waals surface area contributed by atoms with Crippen molar-refractivity contribution in [3.63, 3.8) is 0 Å². The summed E-state index contributed by atoms with van der Waals surface area (Å²) in [5, 5.41) is 1.71. The highest BCUT2D eigenvalue weighted by atomic mass is 35.5. The Kier molecular flexibility index (Phi) is 6.02. The van der Waals surface area contributed by atoms with Crippen LogP contribution in [0.2, 0.25) is 5.02 Å². The minimum absolute atomic E-state index is 0.784. The van der Waals surface area contributed by atoms with E-state index >= 15 is 0 Å². The molecule has 4 aromatic rings. The van der Waals surface area contributed by atoms with Crippen molar-refractivity contribution in [2.75, 3.05) is 5.75 Å². The maximum atomic E-state index is 5.94. The summed E-state index contributed by atoms with van der Waals surface area (Å²) in [6, 6.07) is 20.4. The summed E-state index contributed by atoms with van der Waals surface area (Å²) >= 11 is 9.47.